The lowest BCUT2D eigenvalue weighted by atomic mass is 9.95. The lowest BCUT2D eigenvalue weighted by Crippen LogP contribution is -2.33. The molecule has 1 aromatic carbocycles. The number of methoxy groups -OCH3 is 2. The molecule has 1 heterocycles. The van der Waals surface area contributed by atoms with Gasteiger partial charge in [-0.2, -0.15) is 0 Å². The molecule has 1 saturated heterocycles. The number of likely N-dealkylation sites (tertiary alicyclic amines) is 1. The van der Waals surface area contributed by atoms with Crippen LogP contribution in [0.3, 0.4) is 0 Å². The van der Waals surface area contributed by atoms with Crippen LogP contribution >= 0.6 is 23.2 Å². The number of amides is 1. The summed E-state index contributed by atoms with van der Waals surface area (Å²) in [5.74, 6) is -0.186. The Balaban J connectivity index is 2.34. The molecule has 1 aromatic rings. The first-order valence-corrected chi connectivity index (χ1v) is 7.92. The lowest BCUT2D eigenvalue weighted by molar-refractivity contribution is -0.134. The van der Waals surface area contributed by atoms with E-state index in [9.17, 15) is 14.7 Å². The van der Waals surface area contributed by atoms with Gasteiger partial charge in [0.05, 0.1) is 30.3 Å². The molecule has 1 amide bonds. The second-order valence-electron chi connectivity index (χ2n) is 5.29. The van der Waals surface area contributed by atoms with E-state index in [2.05, 4.69) is 4.74 Å². The molecule has 0 aliphatic carbocycles. The number of rotatable bonds is 4. The van der Waals surface area contributed by atoms with Gasteiger partial charge >= 0.3 is 12.1 Å². The van der Waals surface area contributed by atoms with Crippen molar-refractivity contribution in [2.75, 3.05) is 20.8 Å². The number of nitrogens with zero attached hydrogens (tertiary/aromatic N) is 1. The van der Waals surface area contributed by atoms with Gasteiger partial charge in [-0.1, -0.05) is 29.3 Å². The maximum absolute atomic E-state index is 11.5. The Bertz CT molecular complexity index is 677. The summed E-state index contributed by atoms with van der Waals surface area (Å²) in [5, 5.41) is 10.1. The molecule has 24 heavy (non-hydrogen) atoms. The third kappa shape index (κ3) is 3.76. The molecule has 0 radical (unpaired) electrons. The van der Waals surface area contributed by atoms with E-state index in [-0.39, 0.29) is 12.5 Å². The molecule has 1 fully saturated rings. The molecule has 2 atom stereocenters. The molecule has 2 rings (SSSR count). The minimum absolute atomic E-state index is 0.199. The number of hydrogen-bond acceptors (Lipinski definition) is 4. The summed E-state index contributed by atoms with van der Waals surface area (Å²) in [6.07, 6.45) is 2.12. The number of carbonyl (C=O) groups is 2. The number of benzene rings is 1. The number of carbonyl (C=O) groups excluding carboxylic acids is 1. The zero-order chi connectivity index (χ0) is 17.9. The number of esters is 1. The van der Waals surface area contributed by atoms with Crippen LogP contribution in [0.1, 0.15) is 17.9 Å². The van der Waals surface area contributed by atoms with Crippen molar-refractivity contribution in [1.29, 1.82) is 0 Å². The summed E-state index contributed by atoms with van der Waals surface area (Å²) in [6.45, 7) is 0.224. The Hall–Kier alpha value is -1.92. The molecule has 8 heteroatoms. The molecule has 0 aromatic heterocycles. The Morgan fingerprint density at radius 2 is 2.04 bits per heavy atom. The molecule has 0 saturated carbocycles. The van der Waals surface area contributed by atoms with Gasteiger partial charge in [0.2, 0.25) is 0 Å². The van der Waals surface area contributed by atoms with Crippen LogP contribution in [0.2, 0.25) is 10.0 Å². The van der Waals surface area contributed by atoms with E-state index in [1.54, 1.807) is 12.1 Å². The van der Waals surface area contributed by atoms with Crippen molar-refractivity contribution in [2.24, 2.45) is 0 Å². The first-order valence-electron chi connectivity index (χ1n) is 7.16. The molecule has 0 spiro atoms. The van der Waals surface area contributed by atoms with E-state index in [1.807, 2.05) is 0 Å². The average Bonchev–Trinajstić information content (AvgIpc) is 2.98. The van der Waals surface area contributed by atoms with Crippen LogP contribution in [0, 0.1) is 0 Å². The minimum atomic E-state index is -1.07. The van der Waals surface area contributed by atoms with Crippen LogP contribution in [0.5, 0.6) is 5.75 Å². The van der Waals surface area contributed by atoms with Crippen LogP contribution in [-0.4, -0.2) is 48.9 Å². The quantitative estimate of drug-likeness (QED) is 0.644. The van der Waals surface area contributed by atoms with Crippen molar-refractivity contribution < 1.29 is 24.2 Å². The van der Waals surface area contributed by atoms with Gasteiger partial charge in [-0.25, -0.2) is 9.59 Å². The molecule has 6 nitrogen and oxygen atoms in total. The van der Waals surface area contributed by atoms with Gasteiger partial charge in [-0.15, -0.1) is 0 Å². The maximum atomic E-state index is 11.5. The van der Waals surface area contributed by atoms with Crippen LogP contribution < -0.4 is 4.74 Å². The molecule has 1 N–H and O–H groups in total. The maximum Gasteiger partial charge on any atom is 0.407 e. The number of hydrogen-bond donors (Lipinski definition) is 1. The second-order valence-corrected chi connectivity index (χ2v) is 6.08. The number of carboxylic acid groups (broad SMARTS) is 1. The van der Waals surface area contributed by atoms with Gasteiger partial charge in [-0.05, 0) is 18.6 Å². The lowest BCUT2D eigenvalue weighted by Gasteiger charge is -2.18. The number of halogens is 2. The van der Waals surface area contributed by atoms with E-state index in [1.165, 1.54) is 31.3 Å². The van der Waals surface area contributed by atoms with E-state index in [4.69, 9.17) is 27.9 Å². The molecular formula is C16H17Cl2NO5. The monoisotopic (exact) mass is 373 g/mol. The van der Waals surface area contributed by atoms with Gasteiger partial charge in [-0.3, -0.25) is 0 Å². The zero-order valence-corrected chi connectivity index (χ0v) is 14.7. The van der Waals surface area contributed by atoms with Gasteiger partial charge < -0.3 is 19.5 Å². The van der Waals surface area contributed by atoms with E-state index in [0.717, 1.165) is 0 Å². The standard InChI is InChI=1S/C16H17Cl2NO5/c1-23-12-5-4-11(17)15(18)14(12)9-7-10(3-6-13(20)24-2)19(8-9)16(21)22/h3-6,9-10H,7-8H2,1-2H3,(H,21,22)/b6-3+/t9-,10+/m0/s1. The minimum Gasteiger partial charge on any atom is -0.496 e. The highest BCUT2D eigenvalue weighted by Gasteiger charge is 2.37. The van der Waals surface area contributed by atoms with E-state index >= 15 is 0 Å². The van der Waals surface area contributed by atoms with E-state index < -0.39 is 18.1 Å². The average molecular weight is 374 g/mol. The summed E-state index contributed by atoms with van der Waals surface area (Å²) in [6, 6.07) is 2.86. The molecule has 0 unspecified atom stereocenters. The Kier molecular flexibility index (Phi) is 5.96. The van der Waals surface area contributed by atoms with E-state index in [0.29, 0.717) is 27.8 Å². The summed E-state index contributed by atoms with van der Waals surface area (Å²) in [7, 11) is 2.78. The Morgan fingerprint density at radius 1 is 1.33 bits per heavy atom. The van der Waals surface area contributed by atoms with Crippen molar-refractivity contribution in [1.82, 2.24) is 4.90 Å². The second kappa shape index (κ2) is 7.77. The number of ether oxygens (including phenoxy) is 2. The van der Waals surface area contributed by atoms with Crippen LogP contribution in [0.15, 0.2) is 24.3 Å². The van der Waals surface area contributed by atoms with Gasteiger partial charge in [0, 0.05) is 24.1 Å². The van der Waals surface area contributed by atoms with Crippen molar-refractivity contribution in [3.8, 4) is 5.75 Å². The largest absolute Gasteiger partial charge is 0.496 e. The van der Waals surface area contributed by atoms with Crippen molar-refractivity contribution in [3.05, 3.63) is 39.9 Å². The summed E-state index contributed by atoms with van der Waals surface area (Å²) >= 11 is 12.4. The summed E-state index contributed by atoms with van der Waals surface area (Å²) < 4.78 is 9.88. The van der Waals surface area contributed by atoms with Crippen molar-refractivity contribution in [2.45, 2.75) is 18.4 Å². The molecule has 0 bridgehead atoms. The summed E-state index contributed by atoms with van der Waals surface area (Å²) in [5.41, 5.74) is 0.673. The van der Waals surface area contributed by atoms with Crippen LogP contribution in [0.4, 0.5) is 4.79 Å². The van der Waals surface area contributed by atoms with Gasteiger partial charge in [0.25, 0.3) is 0 Å². The fourth-order valence-electron chi connectivity index (χ4n) is 2.84. The zero-order valence-electron chi connectivity index (χ0n) is 13.2. The van der Waals surface area contributed by atoms with Gasteiger partial charge in [0.1, 0.15) is 5.75 Å². The molecular weight excluding hydrogens is 357 g/mol. The van der Waals surface area contributed by atoms with Crippen LogP contribution in [-0.2, 0) is 9.53 Å². The smallest absolute Gasteiger partial charge is 0.407 e. The SMILES string of the molecule is COC(=O)/C=C/[C@@H]1C[C@H](c2c(OC)ccc(Cl)c2Cl)CN1C(=O)O. The molecule has 130 valence electrons. The van der Waals surface area contributed by atoms with Crippen LogP contribution in [0.25, 0.3) is 0 Å². The molecule has 1 aliphatic rings. The normalized spacial score (nSPS) is 20.4. The highest BCUT2D eigenvalue weighted by atomic mass is 35.5. The highest BCUT2D eigenvalue weighted by Crippen LogP contribution is 2.43. The molecule has 1 aliphatic heterocycles. The van der Waals surface area contributed by atoms with Crippen molar-refractivity contribution in [3.63, 3.8) is 0 Å². The topological polar surface area (TPSA) is 76.1 Å². The first-order chi connectivity index (χ1) is 11.4. The first kappa shape index (κ1) is 18.4. The van der Waals surface area contributed by atoms with Gasteiger partial charge in [0.15, 0.2) is 0 Å². The summed E-state index contributed by atoms with van der Waals surface area (Å²) in [4.78, 5) is 24.0. The highest BCUT2D eigenvalue weighted by molar-refractivity contribution is 6.42. The fourth-order valence-corrected chi connectivity index (χ4v) is 3.32. The third-order valence-corrected chi connectivity index (χ3v) is 4.78. The Labute approximate surface area is 149 Å². The van der Waals surface area contributed by atoms with Crippen molar-refractivity contribution >= 4 is 35.3 Å². The fraction of sp³-hybridized carbons (Fsp3) is 0.375. The predicted octanol–water partition coefficient (Wildman–Crippen LogP) is 3.57. The predicted molar refractivity (Wildman–Crippen MR) is 90.0 cm³/mol. The Morgan fingerprint density at radius 3 is 2.62 bits per heavy atom. The third-order valence-electron chi connectivity index (χ3n) is 3.97.